The van der Waals surface area contributed by atoms with Gasteiger partial charge < -0.3 is 10.1 Å². The highest BCUT2D eigenvalue weighted by atomic mass is 32.1. The van der Waals surface area contributed by atoms with Crippen LogP contribution in [0, 0.1) is 13.8 Å². The molecule has 2 aromatic heterocycles. The Balaban J connectivity index is 1.69. The highest BCUT2D eigenvalue weighted by Gasteiger charge is 2.18. The van der Waals surface area contributed by atoms with Crippen LogP contribution in [-0.4, -0.2) is 22.2 Å². The van der Waals surface area contributed by atoms with Gasteiger partial charge in [-0.05, 0) is 66.2 Å². The van der Waals surface area contributed by atoms with E-state index in [1.165, 1.54) is 15.9 Å². The number of rotatable bonds is 6. The smallest absolute Gasteiger partial charge is 0.336 e. The topological polar surface area (TPSA) is 82.3 Å². The summed E-state index contributed by atoms with van der Waals surface area (Å²) in [6.07, 6.45) is 0. The number of ether oxygens (including phenoxy) is 1. The standard InChI is InChI=1S/C24H23N3O4S/c1-15-9-16(2)11-18(10-15)27-23(29)22-20(7-8-32-22)26(24(27)30)14-21(28)25-13-17-5-4-6-19(12-17)31-3/h4-12H,13-14H2,1-3H3,(H,25,28). The first kappa shape index (κ1) is 21.6. The average molecular weight is 450 g/mol. The maximum atomic E-state index is 13.4. The quantitative estimate of drug-likeness (QED) is 0.490. The number of thiophene rings is 1. The first-order valence-corrected chi connectivity index (χ1v) is 11.0. The summed E-state index contributed by atoms with van der Waals surface area (Å²) >= 11 is 1.26. The maximum absolute atomic E-state index is 13.4. The Kier molecular flexibility index (Phi) is 5.96. The Bertz CT molecular complexity index is 1410. The number of methoxy groups -OCH3 is 1. The highest BCUT2D eigenvalue weighted by Crippen LogP contribution is 2.18. The zero-order valence-corrected chi connectivity index (χ0v) is 18.9. The van der Waals surface area contributed by atoms with Crippen molar-refractivity contribution in [2.75, 3.05) is 7.11 Å². The lowest BCUT2D eigenvalue weighted by atomic mass is 10.1. The van der Waals surface area contributed by atoms with Crippen LogP contribution in [0.3, 0.4) is 0 Å². The van der Waals surface area contributed by atoms with Gasteiger partial charge in [0.15, 0.2) is 0 Å². The van der Waals surface area contributed by atoms with E-state index in [2.05, 4.69) is 5.32 Å². The van der Waals surface area contributed by atoms with E-state index in [0.29, 0.717) is 28.2 Å². The molecule has 4 aromatic rings. The molecule has 0 fully saturated rings. The minimum Gasteiger partial charge on any atom is -0.497 e. The molecule has 0 bridgehead atoms. The molecule has 164 valence electrons. The molecule has 2 aromatic carbocycles. The monoisotopic (exact) mass is 449 g/mol. The Hall–Kier alpha value is -3.65. The molecule has 0 radical (unpaired) electrons. The summed E-state index contributed by atoms with van der Waals surface area (Å²) in [5.41, 5.74) is 2.81. The first-order valence-electron chi connectivity index (χ1n) is 10.1. The largest absolute Gasteiger partial charge is 0.497 e. The van der Waals surface area contributed by atoms with Crippen molar-refractivity contribution in [1.82, 2.24) is 14.5 Å². The van der Waals surface area contributed by atoms with Crippen molar-refractivity contribution in [3.05, 3.63) is 91.4 Å². The van der Waals surface area contributed by atoms with Crippen LogP contribution in [0.4, 0.5) is 0 Å². The second-order valence-corrected chi connectivity index (χ2v) is 8.53. The van der Waals surface area contributed by atoms with E-state index in [9.17, 15) is 14.4 Å². The summed E-state index contributed by atoms with van der Waals surface area (Å²) in [5, 5.41) is 4.59. The summed E-state index contributed by atoms with van der Waals surface area (Å²) in [4.78, 5) is 39.2. The van der Waals surface area contributed by atoms with Crippen LogP contribution in [-0.2, 0) is 17.9 Å². The van der Waals surface area contributed by atoms with E-state index in [0.717, 1.165) is 21.3 Å². The van der Waals surface area contributed by atoms with Crippen LogP contribution >= 0.6 is 11.3 Å². The van der Waals surface area contributed by atoms with Gasteiger partial charge in [0.25, 0.3) is 5.56 Å². The molecule has 0 saturated heterocycles. The number of nitrogens with zero attached hydrogens (tertiary/aromatic N) is 2. The van der Waals surface area contributed by atoms with Crippen LogP contribution in [0.1, 0.15) is 16.7 Å². The van der Waals surface area contributed by atoms with Crippen LogP contribution < -0.4 is 21.3 Å². The Morgan fingerprint density at radius 3 is 2.53 bits per heavy atom. The van der Waals surface area contributed by atoms with Crippen LogP contribution in [0.2, 0.25) is 0 Å². The third-order valence-corrected chi connectivity index (χ3v) is 6.04. The summed E-state index contributed by atoms with van der Waals surface area (Å²) < 4.78 is 8.14. The predicted octanol–water partition coefficient (Wildman–Crippen LogP) is 3.16. The Morgan fingerprint density at radius 1 is 1.06 bits per heavy atom. The minimum atomic E-state index is -0.539. The number of nitrogens with one attached hydrogen (secondary N) is 1. The lowest BCUT2D eigenvalue weighted by Crippen LogP contribution is -2.41. The van der Waals surface area contributed by atoms with Gasteiger partial charge in [-0.3, -0.25) is 14.2 Å². The number of aryl methyl sites for hydroxylation is 2. The fourth-order valence-corrected chi connectivity index (χ4v) is 4.55. The average Bonchev–Trinajstić information content (AvgIpc) is 3.25. The molecule has 0 atom stereocenters. The van der Waals surface area contributed by atoms with Crippen molar-refractivity contribution in [3.63, 3.8) is 0 Å². The normalized spacial score (nSPS) is 11.0. The second-order valence-electron chi connectivity index (χ2n) is 7.62. The molecular formula is C24H23N3O4S. The molecule has 0 aliphatic heterocycles. The SMILES string of the molecule is COc1cccc(CNC(=O)Cn2c(=O)n(-c3cc(C)cc(C)c3)c(=O)c3sccc32)c1. The number of fused-ring (bicyclic) bond motifs is 1. The third kappa shape index (κ3) is 4.22. The van der Waals surface area contributed by atoms with Crippen LogP contribution in [0.15, 0.2) is 63.5 Å². The molecule has 1 amide bonds. The van der Waals surface area contributed by atoms with Crippen molar-refractivity contribution in [2.24, 2.45) is 0 Å². The molecule has 0 aliphatic carbocycles. The number of carbonyl (C=O) groups is 1. The van der Waals surface area contributed by atoms with E-state index >= 15 is 0 Å². The van der Waals surface area contributed by atoms with Crippen molar-refractivity contribution in [2.45, 2.75) is 26.9 Å². The number of hydrogen-bond donors (Lipinski definition) is 1. The Morgan fingerprint density at radius 2 is 1.81 bits per heavy atom. The zero-order chi connectivity index (χ0) is 22.8. The molecule has 0 saturated carbocycles. The van der Waals surface area contributed by atoms with Gasteiger partial charge in [0, 0.05) is 6.54 Å². The fraction of sp³-hybridized carbons (Fsp3) is 0.208. The lowest BCUT2D eigenvalue weighted by molar-refractivity contribution is -0.121. The summed E-state index contributed by atoms with van der Waals surface area (Å²) in [6, 6.07) is 14.7. The van der Waals surface area contributed by atoms with Gasteiger partial charge in [-0.15, -0.1) is 11.3 Å². The van der Waals surface area contributed by atoms with E-state index in [1.807, 2.05) is 44.2 Å². The molecule has 7 nitrogen and oxygen atoms in total. The van der Waals surface area contributed by atoms with Gasteiger partial charge in [-0.1, -0.05) is 18.2 Å². The second kappa shape index (κ2) is 8.84. The summed E-state index contributed by atoms with van der Waals surface area (Å²) in [5.74, 6) is 0.376. The number of hydrogen-bond acceptors (Lipinski definition) is 5. The molecule has 1 N–H and O–H groups in total. The molecule has 8 heteroatoms. The van der Waals surface area contributed by atoms with Crippen molar-refractivity contribution in [3.8, 4) is 11.4 Å². The van der Waals surface area contributed by atoms with Gasteiger partial charge in [-0.25, -0.2) is 9.36 Å². The van der Waals surface area contributed by atoms with Gasteiger partial charge in [-0.2, -0.15) is 0 Å². The third-order valence-electron chi connectivity index (χ3n) is 5.14. The lowest BCUT2D eigenvalue weighted by Gasteiger charge is -2.13. The van der Waals surface area contributed by atoms with E-state index in [1.54, 1.807) is 30.7 Å². The van der Waals surface area contributed by atoms with Crippen molar-refractivity contribution < 1.29 is 9.53 Å². The molecule has 0 aliphatic rings. The summed E-state index contributed by atoms with van der Waals surface area (Å²) in [7, 11) is 1.58. The molecule has 32 heavy (non-hydrogen) atoms. The number of amides is 1. The van der Waals surface area contributed by atoms with E-state index in [4.69, 9.17) is 4.74 Å². The molecular weight excluding hydrogens is 426 g/mol. The summed E-state index contributed by atoms with van der Waals surface area (Å²) in [6.45, 7) is 3.93. The molecule has 2 heterocycles. The van der Waals surface area contributed by atoms with Crippen molar-refractivity contribution >= 4 is 27.5 Å². The molecule has 0 spiro atoms. The minimum absolute atomic E-state index is 0.193. The number of benzene rings is 2. The first-order chi connectivity index (χ1) is 15.4. The van der Waals surface area contributed by atoms with Crippen LogP contribution in [0.25, 0.3) is 15.9 Å². The molecule has 4 rings (SSSR count). The molecule has 0 unspecified atom stereocenters. The van der Waals surface area contributed by atoms with Crippen molar-refractivity contribution in [1.29, 1.82) is 0 Å². The predicted molar refractivity (Wildman–Crippen MR) is 126 cm³/mol. The number of aromatic nitrogens is 2. The number of carbonyl (C=O) groups excluding carboxylic acids is 1. The van der Waals surface area contributed by atoms with Gasteiger partial charge in [0.1, 0.15) is 17.0 Å². The highest BCUT2D eigenvalue weighted by molar-refractivity contribution is 7.17. The Labute approximate surface area is 188 Å². The fourth-order valence-electron chi connectivity index (χ4n) is 3.73. The van der Waals surface area contributed by atoms with Crippen LogP contribution in [0.5, 0.6) is 5.75 Å². The van der Waals surface area contributed by atoms with E-state index < -0.39 is 5.69 Å². The maximum Gasteiger partial charge on any atom is 0.336 e. The zero-order valence-electron chi connectivity index (χ0n) is 18.0. The van der Waals surface area contributed by atoms with Gasteiger partial charge in [0.2, 0.25) is 5.91 Å². The van der Waals surface area contributed by atoms with E-state index in [-0.39, 0.29) is 18.0 Å². The van der Waals surface area contributed by atoms with Gasteiger partial charge in [0.05, 0.1) is 18.3 Å². The van der Waals surface area contributed by atoms with Gasteiger partial charge >= 0.3 is 5.69 Å².